The van der Waals surface area contributed by atoms with Crippen LogP contribution in [0.1, 0.15) is 56.9 Å². The molecule has 1 aliphatic heterocycles. The Morgan fingerprint density at radius 3 is 2.76 bits per heavy atom. The van der Waals surface area contributed by atoms with Crippen molar-refractivity contribution in [1.29, 1.82) is 0 Å². The van der Waals surface area contributed by atoms with Crippen molar-refractivity contribution >= 4 is 35.3 Å². The molecule has 1 spiro atoms. The van der Waals surface area contributed by atoms with Crippen molar-refractivity contribution in [3.63, 3.8) is 0 Å². The molecule has 178 valence electrons. The van der Waals surface area contributed by atoms with E-state index in [9.17, 15) is 9.59 Å². The Hall–Kier alpha value is -1.66. The highest BCUT2D eigenvalue weighted by Crippen LogP contribution is 2.77. The highest BCUT2D eigenvalue weighted by Gasteiger charge is 2.74. The van der Waals surface area contributed by atoms with Crippen molar-refractivity contribution in [2.45, 2.75) is 69.5 Å². The first-order valence-electron chi connectivity index (χ1n) is 12.4. The van der Waals surface area contributed by atoms with Gasteiger partial charge in [-0.2, -0.15) is 0 Å². The summed E-state index contributed by atoms with van der Waals surface area (Å²) >= 11 is 12.2. The van der Waals surface area contributed by atoms with Gasteiger partial charge in [-0.15, -0.1) is 0 Å². The predicted octanol–water partition coefficient (Wildman–Crippen LogP) is 4.94. The molecule has 33 heavy (non-hydrogen) atoms. The molecule has 5 aliphatic rings. The van der Waals surface area contributed by atoms with Gasteiger partial charge in [0.1, 0.15) is 0 Å². The molecule has 8 heteroatoms. The first-order valence-corrected chi connectivity index (χ1v) is 13.2. The average molecular weight is 491 g/mol. The molecule has 3 N–H and O–H groups in total. The summed E-state index contributed by atoms with van der Waals surface area (Å²) in [5, 5.41) is 10.6. The van der Waals surface area contributed by atoms with Crippen LogP contribution >= 0.6 is 23.2 Å². The van der Waals surface area contributed by atoms with Crippen molar-refractivity contribution in [3.8, 4) is 0 Å². The third kappa shape index (κ3) is 3.51. The van der Waals surface area contributed by atoms with Gasteiger partial charge in [0.05, 0.1) is 6.04 Å². The van der Waals surface area contributed by atoms with Gasteiger partial charge in [0.15, 0.2) is 0 Å². The second-order valence-corrected chi connectivity index (χ2v) is 12.0. The van der Waals surface area contributed by atoms with E-state index < -0.39 is 0 Å². The number of hydrogen-bond donors (Lipinski definition) is 3. The minimum absolute atomic E-state index is 0.0138. The van der Waals surface area contributed by atoms with Gasteiger partial charge in [0.2, 0.25) is 0 Å². The number of fused-ring (bicyclic) bond motifs is 2. The fourth-order valence-corrected chi connectivity index (χ4v) is 8.81. The van der Waals surface area contributed by atoms with Gasteiger partial charge in [-0.05, 0) is 92.2 Å². The zero-order valence-corrected chi connectivity index (χ0v) is 20.4. The third-order valence-corrected chi connectivity index (χ3v) is 10.1. The number of nitrogens with zero attached hydrogens (tertiary/aromatic N) is 1. The number of halogens is 2. The van der Waals surface area contributed by atoms with Gasteiger partial charge in [0.25, 0.3) is 0 Å². The highest BCUT2D eigenvalue weighted by atomic mass is 35.5. The zero-order chi connectivity index (χ0) is 22.8. The van der Waals surface area contributed by atoms with Crippen LogP contribution < -0.4 is 16.0 Å². The molecule has 1 heterocycles. The molecule has 4 aliphatic carbocycles. The Balaban J connectivity index is 1.02. The lowest BCUT2D eigenvalue weighted by atomic mass is 9.51. The number of hydrogen-bond acceptors (Lipinski definition) is 2. The molecule has 0 aromatic heterocycles. The van der Waals surface area contributed by atoms with Crippen molar-refractivity contribution in [3.05, 3.63) is 33.8 Å². The van der Waals surface area contributed by atoms with Crippen LogP contribution in [0.3, 0.4) is 0 Å². The smallest absolute Gasteiger partial charge is 0.317 e. The second-order valence-electron chi connectivity index (χ2n) is 11.2. The van der Waals surface area contributed by atoms with E-state index in [1.807, 2.05) is 11.0 Å². The Morgan fingerprint density at radius 2 is 1.91 bits per heavy atom. The summed E-state index contributed by atoms with van der Waals surface area (Å²) in [6, 6.07) is 5.11. The summed E-state index contributed by atoms with van der Waals surface area (Å²) in [6.45, 7) is 1.53. The molecule has 6 atom stereocenters. The molecule has 3 bridgehead atoms. The molecule has 6 rings (SSSR count). The van der Waals surface area contributed by atoms with Gasteiger partial charge >= 0.3 is 12.1 Å². The summed E-state index contributed by atoms with van der Waals surface area (Å²) in [5.74, 6) is 2.54. The molecule has 4 unspecified atom stereocenters. The van der Waals surface area contributed by atoms with Crippen molar-refractivity contribution < 1.29 is 9.59 Å². The first kappa shape index (κ1) is 21.8. The van der Waals surface area contributed by atoms with Gasteiger partial charge in [-0.1, -0.05) is 29.3 Å². The SMILES string of the molecule is O=C(NCC1CCCN1C(=O)NCc1ccc(Cl)cc1Cl)NC12CC3C[C@@H]4C[C@@H](C1)CC32C4. The summed E-state index contributed by atoms with van der Waals surface area (Å²) in [6.07, 6.45) is 9.57. The van der Waals surface area contributed by atoms with Crippen molar-refractivity contribution in [2.75, 3.05) is 13.1 Å². The van der Waals surface area contributed by atoms with E-state index in [-0.39, 0.29) is 23.6 Å². The van der Waals surface area contributed by atoms with Crippen molar-refractivity contribution in [2.24, 2.45) is 23.2 Å². The zero-order valence-electron chi connectivity index (χ0n) is 18.8. The highest BCUT2D eigenvalue weighted by molar-refractivity contribution is 6.35. The largest absolute Gasteiger partial charge is 0.336 e. The maximum atomic E-state index is 12.9. The van der Waals surface area contributed by atoms with E-state index in [0.29, 0.717) is 35.1 Å². The van der Waals surface area contributed by atoms with Gasteiger partial charge in [0, 0.05) is 35.2 Å². The van der Waals surface area contributed by atoms with E-state index >= 15 is 0 Å². The molecule has 4 saturated carbocycles. The second kappa shape index (κ2) is 7.94. The number of likely N-dealkylation sites (tertiary alicyclic amines) is 1. The van der Waals surface area contributed by atoms with E-state index in [1.54, 1.807) is 12.1 Å². The number of carbonyl (C=O) groups is 2. The minimum atomic E-state index is -0.119. The van der Waals surface area contributed by atoms with Crippen LogP contribution in [-0.2, 0) is 6.54 Å². The van der Waals surface area contributed by atoms with Crippen molar-refractivity contribution in [1.82, 2.24) is 20.9 Å². The van der Waals surface area contributed by atoms with Crippen LogP contribution in [-0.4, -0.2) is 41.6 Å². The molecular formula is C25H32Cl2N4O2. The number of nitrogens with one attached hydrogen (secondary N) is 3. The number of carbonyl (C=O) groups excluding carboxylic acids is 2. The van der Waals surface area contributed by atoms with E-state index in [4.69, 9.17) is 23.2 Å². The van der Waals surface area contributed by atoms with E-state index in [1.165, 1.54) is 38.5 Å². The Morgan fingerprint density at radius 1 is 1.06 bits per heavy atom. The number of rotatable bonds is 5. The molecular weight excluding hydrogens is 459 g/mol. The molecule has 1 aromatic carbocycles. The quantitative estimate of drug-likeness (QED) is 0.546. The maximum absolute atomic E-state index is 12.9. The topological polar surface area (TPSA) is 73.5 Å². The Bertz CT molecular complexity index is 983. The molecule has 5 fully saturated rings. The number of urea groups is 2. The lowest BCUT2D eigenvalue weighted by Gasteiger charge is -2.59. The van der Waals surface area contributed by atoms with Crippen LogP contribution in [0.2, 0.25) is 10.0 Å². The number of amides is 4. The summed E-state index contributed by atoms with van der Waals surface area (Å²) in [7, 11) is 0. The molecule has 0 radical (unpaired) electrons. The van der Waals surface area contributed by atoms with Crippen LogP contribution in [0.15, 0.2) is 18.2 Å². The lowest BCUT2D eigenvalue weighted by molar-refractivity contribution is -0.0457. The van der Waals surface area contributed by atoms with Gasteiger partial charge in [-0.25, -0.2) is 9.59 Å². The van der Waals surface area contributed by atoms with Crippen LogP contribution in [0, 0.1) is 23.2 Å². The molecule has 6 nitrogen and oxygen atoms in total. The van der Waals surface area contributed by atoms with E-state index in [0.717, 1.165) is 36.2 Å². The average Bonchev–Trinajstić information content (AvgIpc) is 3.36. The summed E-state index contributed by atoms with van der Waals surface area (Å²) in [5.41, 5.74) is 1.25. The number of benzene rings is 1. The normalized spacial score (nSPS) is 37.6. The fraction of sp³-hybridized carbons (Fsp3) is 0.680. The Kier molecular flexibility index (Phi) is 5.26. The third-order valence-electron chi connectivity index (χ3n) is 9.49. The van der Waals surface area contributed by atoms with Crippen LogP contribution in [0.4, 0.5) is 9.59 Å². The predicted molar refractivity (Wildman–Crippen MR) is 128 cm³/mol. The standard InChI is InChI=1S/C25H32Cl2N4O2/c26-19-4-3-17(21(27)8-19)13-29-23(33)31-5-1-2-20(31)14-28-22(32)30-25-11-16-6-15-7-18(12-25)24(25,9-15)10-16/h3-4,8,15-16,18,20H,1-2,5-7,9-14H2,(H,29,33)(H2,28,30,32)/t15-,16+,18?,20?,24?,25?/m0/s1. The first-order chi connectivity index (χ1) is 15.9. The lowest BCUT2D eigenvalue weighted by Crippen LogP contribution is -2.68. The van der Waals surface area contributed by atoms with E-state index in [2.05, 4.69) is 16.0 Å². The summed E-state index contributed by atoms with van der Waals surface area (Å²) in [4.78, 5) is 27.6. The monoisotopic (exact) mass is 490 g/mol. The van der Waals surface area contributed by atoms with Gasteiger partial charge in [-0.3, -0.25) is 0 Å². The minimum Gasteiger partial charge on any atom is -0.336 e. The maximum Gasteiger partial charge on any atom is 0.317 e. The molecule has 1 aromatic rings. The summed E-state index contributed by atoms with van der Waals surface area (Å²) < 4.78 is 0. The fourth-order valence-electron chi connectivity index (χ4n) is 8.33. The molecule has 4 amide bonds. The van der Waals surface area contributed by atoms with Crippen LogP contribution in [0.25, 0.3) is 0 Å². The van der Waals surface area contributed by atoms with Crippen LogP contribution in [0.5, 0.6) is 0 Å². The Labute approximate surface area is 205 Å². The molecule has 1 saturated heterocycles. The van der Waals surface area contributed by atoms with Gasteiger partial charge < -0.3 is 20.9 Å².